The third kappa shape index (κ3) is 8.55. The molecule has 1 radical (unpaired) electrons. The Balaban J connectivity index is 0.000000335. The second kappa shape index (κ2) is 17.5. The average molecular weight is 1000 g/mol. The minimum absolute atomic E-state index is 0. The van der Waals surface area contributed by atoms with Crippen LogP contribution in [0.5, 0.6) is 0 Å². The Morgan fingerprint density at radius 1 is 0.738 bits per heavy atom. The van der Waals surface area contributed by atoms with Gasteiger partial charge in [0.1, 0.15) is 0 Å². The first-order valence-corrected chi connectivity index (χ1v) is 21.4. The monoisotopic (exact) mass is 1000 g/mol. The minimum atomic E-state index is -4.29. The Hall–Kier alpha value is -4.78. The van der Waals surface area contributed by atoms with E-state index in [4.69, 9.17) is 4.98 Å². The molecule has 4 nitrogen and oxygen atoms in total. The van der Waals surface area contributed by atoms with Crippen molar-refractivity contribution in [2.24, 2.45) is 17.3 Å². The molecule has 8 aromatic rings. The summed E-state index contributed by atoms with van der Waals surface area (Å²) in [5.41, 5.74) is 5.72. The van der Waals surface area contributed by atoms with Crippen molar-refractivity contribution in [3.05, 3.63) is 120 Å². The number of pyridine rings is 2. The molecule has 0 saturated carbocycles. The maximum absolute atomic E-state index is 13.8. The van der Waals surface area contributed by atoms with Gasteiger partial charge in [0.2, 0.25) is 0 Å². The smallest absolute Gasteiger partial charge is 0.394 e. The van der Waals surface area contributed by atoms with E-state index in [-0.39, 0.29) is 55.3 Å². The number of hydrogen-bond acceptors (Lipinski definition) is 3. The third-order valence-corrected chi connectivity index (χ3v) is 12.6. The normalized spacial score (nSPS) is 13.0. The molecule has 0 atom stereocenters. The predicted octanol–water partition coefficient (Wildman–Crippen LogP) is 15.3. The van der Waals surface area contributed by atoms with Crippen LogP contribution in [0.1, 0.15) is 99.1 Å². The molecular weight excluding hydrogens is 946 g/mol. The molecule has 8 rings (SSSR count). The Bertz CT molecular complexity index is 2890. The SMILES string of the molecule is CC(C)(C)c1cc(-c2cc3c4c(cccc4c4cccc5c6cc(CC(C)(C)C(F)(F)F)ccc6n3c45)n2)[c-]c2ccccc12.CCC(CC)C(=O)/C=C(\O)C(CC)CC.[Ir]. The van der Waals surface area contributed by atoms with Gasteiger partial charge in [-0.1, -0.05) is 128 Å². The molecule has 0 amide bonds. The van der Waals surface area contributed by atoms with Crippen molar-refractivity contribution in [2.45, 2.75) is 106 Å². The van der Waals surface area contributed by atoms with E-state index in [1.54, 1.807) is 0 Å². The number of rotatable bonds is 10. The average Bonchev–Trinajstić information content (AvgIpc) is 3.53. The molecule has 0 spiro atoms. The zero-order valence-corrected chi connectivity index (χ0v) is 39.0. The summed E-state index contributed by atoms with van der Waals surface area (Å²) in [7, 11) is 0. The molecule has 0 fully saturated rings. The van der Waals surface area contributed by atoms with Gasteiger partial charge in [0.05, 0.1) is 33.2 Å². The number of nitrogens with zero attached hydrogens (tertiary/aromatic N) is 2. The number of carbonyl (C=O) groups excluding carboxylic acids is 1. The van der Waals surface area contributed by atoms with Crippen molar-refractivity contribution in [1.29, 1.82) is 0 Å². The minimum Gasteiger partial charge on any atom is -0.512 e. The number of ketones is 1. The number of halogens is 3. The first-order chi connectivity index (χ1) is 28.4. The van der Waals surface area contributed by atoms with Gasteiger partial charge in [0, 0.05) is 65.3 Å². The summed E-state index contributed by atoms with van der Waals surface area (Å²) in [5.74, 6) is 0.547. The van der Waals surface area contributed by atoms with Crippen LogP contribution in [0.3, 0.4) is 0 Å². The summed E-state index contributed by atoms with van der Waals surface area (Å²) in [5, 5.41) is 17.3. The molecule has 3 aromatic heterocycles. The quantitative estimate of drug-likeness (QED) is 0.0488. The second-order valence-corrected chi connectivity index (χ2v) is 18.1. The van der Waals surface area contributed by atoms with Crippen molar-refractivity contribution in [2.75, 3.05) is 0 Å². The van der Waals surface area contributed by atoms with Gasteiger partial charge < -0.3 is 9.51 Å². The van der Waals surface area contributed by atoms with Crippen molar-refractivity contribution in [3.8, 4) is 11.3 Å². The summed E-state index contributed by atoms with van der Waals surface area (Å²) in [6, 6.07) is 34.7. The molecule has 321 valence electrons. The first kappa shape index (κ1) is 45.7. The van der Waals surface area contributed by atoms with Crippen LogP contribution in [0.2, 0.25) is 0 Å². The number of para-hydroxylation sites is 1. The summed E-state index contributed by atoms with van der Waals surface area (Å²) in [6.07, 6.45) is 0.527. The maximum atomic E-state index is 13.8. The molecule has 5 aromatic carbocycles. The molecule has 3 heterocycles. The summed E-state index contributed by atoms with van der Waals surface area (Å²) in [4.78, 5) is 16.9. The summed E-state index contributed by atoms with van der Waals surface area (Å²) in [6.45, 7) is 17.3. The van der Waals surface area contributed by atoms with Crippen LogP contribution in [0.15, 0.2) is 103 Å². The molecule has 0 bridgehead atoms. The predicted molar refractivity (Wildman–Crippen MR) is 244 cm³/mol. The fraction of sp³-hybridized carbons (Fsp3) is 0.358. The Morgan fingerprint density at radius 3 is 1.98 bits per heavy atom. The van der Waals surface area contributed by atoms with E-state index in [0.717, 1.165) is 91.3 Å². The molecule has 0 unspecified atom stereocenters. The zero-order valence-electron chi connectivity index (χ0n) is 36.6. The molecule has 0 aliphatic rings. The van der Waals surface area contributed by atoms with E-state index in [2.05, 4.69) is 91.9 Å². The molecule has 0 aliphatic carbocycles. The Morgan fingerprint density at radius 2 is 1.34 bits per heavy atom. The van der Waals surface area contributed by atoms with Crippen LogP contribution < -0.4 is 0 Å². The van der Waals surface area contributed by atoms with Crippen molar-refractivity contribution in [1.82, 2.24) is 9.38 Å². The molecule has 0 aliphatic heterocycles. The van der Waals surface area contributed by atoms with Gasteiger partial charge in [-0.05, 0) is 72.7 Å². The fourth-order valence-electron chi connectivity index (χ4n) is 8.88. The standard InChI is InChI=1S/C40H32F3N2.C13H24O2.Ir/c1-38(2,3)31-20-25(19-24-10-6-7-11-26(24)31)33-21-35-36-27(12-9-15-32(36)44-33)28-13-8-14-29-30-18-23(22-39(4,5)40(41,42)43)16-17-34(30)45(35)37(28)29;1-5-10(6-2)12(14)9-13(15)11(7-3)8-4;/h6-18,20-21H,22H2,1-5H3;9-11,14H,5-8H2,1-4H3;/q-1;;/b;12-9-;. The van der Waals surface area contributed by atoms with Gasteiger partial charge in [-0.3, -0.25) is 9.78 Å². The van der Waals surface area contributed by atoms with Crippen LogP contribution in [0.25, 0.3) is 71.0 Å². The second-order valence-electron chi connectivity index (χ2n) is 18.1. The molecular formula is C53H56F3IrN2O2-. The van der Waals surface area contributed by atoms with Gasteiger partial charge in [0.25, 0.3) is 0 Å². The number of aliphatic hydroxyl groups is 1. The molecule has 1 N–H and O–H groups in total. The van der Waals surface area contributed by atoms with Gasteiger partial charge in [0.15, 0.2) is 5.78 Å². The van der Waals surface area contributed by atoms with E-state index in [1.165, 1.54) is 30.9 Å². The van der Waals surface area contributed by atoms with Crippen LogP contribution in [-0.4, -0.2) is 26.5 Å². The number of fused-ring (bicyclic) bond motifs is 6. The van der Waals surface area contributed by atoms with Gasteiger partial charge >= 0.3 is 6.18 Å². The molecule has 61 heavy (non-hydrogen) atoms. The van der Waals surface area contributed by atoms with Crippen molar-refractivity contribution >= 4 is 65.6 Å². The zero-order chi connectivity index (χ0) is 43.3. The summed E-state index contributed by atoms with van der Waals surface area (Å²) >= 11 is 0. The number of carbonyl (C=O) groups is 1. The van der Waals surface area contributed by atoms with E-state index in [0.29, 0.717) is 5.56 Å². The van der Waals surface area contributed by atoms with Crippen molar-refractivity contribution < 1.29 is 43.2 Å². The van der Waals surface area contributed by atoms with E-state index in [1.807, 2.05) is 58.0 Å². The van der Waals surface area contributed by atoms with Gasteiger partial charge in [-0.25, -0.2) is 0 Å². The Kier molecular flexibility index (Phi) is 13.1. The van der Waals surface area contributed by atoms with Crippen LogP contribution in [-0.2, 0) is 36.7 Å². The third-order valence-electron chi connectivity index (χ3n) is 12.6. The number of alkyl halides is 3. The number of aromatic nitrogens is 2. The first-order valence-electron chi connectivity index (χ1n) is 21.4. The number of allylic oxidation sites excluding steroid dienone is 2. The number of aliphatic hydroxyl groups excluding tert-OH is 1. The maximum Gasteiger partial charge on any atom is 0.394 e. The van der Waals surface area contributed by atoms with E-state index >= 15 is 0 Å². The van der Waals surface area contributed by atoms with E-state index < -0.39 is 11.6 Å². The van der Waals surface area contributed by atoms with Gasteiger partial charge in [-0.2, -0.15) is 13.2 Å². The van der Waals surface area contributed by atoms with E-state index in [9.17, 15) is 23.1 Å². The van der Waals surface area contributed by atoms with Crippen LogP contribution in [0, 0.1) is 23.3 Å². The molecule has 8 heteroatoms. The van der Waals surface area contributed by atoms with Gasteiger partial charge in [-0.15, -0.1) is 29.1 Å². The fourth-order valence-corrected chi connectivity index (χ4v) is 8.88. The number of hydrogen-bond donors (Lipinski definition) is 1. The van der Waals surface area contributed by atoms with Crippen LogP contribution >= 0.6 is 0 Å². The van der Waals surface area contributed by atoms with Crippen LogP contribution in [0.4, 0.5) is 13.2 Å². The summed E-state index contributed by atoms with van der Waals surface area (Å²) < 4.78 is 43.8. The topological polar surface area (TPSA) is 54.6 Å². The van der Waals surface area contributed by atoms with Crippen molar-refractivity contribution in [3.63, 3.8) is 0 Å². The Labute approximate surface area is 370 Å². The molecule has 0 saturated heterocycles. The largest absolute Gasteiger partial charge is 0.512 e. The number of benzene rings is 5.